The molecule has 0 bridgehead atoms. The number of carbonyl (C=O) groups excluding carboxylic acids is 1. The van der Waals surface area contributed by atoms with Crippen LogP contribution in [0.25, 0.3) is 0 Å². The minimum atomic E-state index is -2.94. The summed E-state index contributed by atoms with van der Waals surface area (Å²) in [6.07, 6.45) is 0. The number of hydrogen-bond donors (Lipinski definition) is 0. The van der Waals surface area contributed by atoms with Crippen molar-refractivity contribution < 1.29 is 23.0 Å². The molecule has 2 aromatic carbocycles. The molecule has 8 heteroatoms. The fraction of sp³-hybridized carbons (Fsp3) is 0.333. The summed E-state index contributed by atoms with van der Waals surface area (Å²) in [5.74, 6) is 0.0422. The molecule has 0 aliphatic rings. The van der Waals surface area contributed by atoms with E-state index in [0.717, 1.165) is 22.5 Å². The summed E-state index contributed by atoms with van der Waals surface area (Å²) in [5, 5.41) is 4.47. The summed E-state index contributed by atoms with van der Waals surface area (Å²) in [6, 6.07) is 14.1. The van der Waals surface area contributed by atoms with Gasteiger partial charge in [0, 0.05) is 24.8 Å². The second-order valence-electron chi connectivity index (χ2n) is 7.54. The molecule has 170 valence electrons. The topological polar surface area (TPSA) is 56.6 Å². The van der Waals surface area contributed by atoms with E-state index in [-0.39, 0.29) is 24.0 Å². The van der Waals surface area contributed by atoms with E-state index >= 15 is 0 Å². The molecule has 0 aliphatic heterocycles. The van der Waals surface area contributed by atoms with Gasteiger partial charge in [-0.3, -0.25) is 9.48 Å². The number of aryl methyl sites for hydroxylation is 2. The standard InChI is InChI=1S/C24H27F2N3O3/c1-5-31-22-13-19(9-10-21(22)32-24(25)26)14-28(4)23(30)20-8-6-7-18(12-20)15-29-17(3)11-16(2)27-29/h6-13,24H,5,14-15H2,1-4H3. The Morgan fingerprint density at radius 3 is 2.53 bits per heavy atom. The van der Waals surface area contributed by atoms with Crippen LogP contribution in [0.4, 0.5) is 8.78 Å². The van der Waals surface area contributed by atoms with Gasteiger partial charge in [-0.05, 0) is 62.2 Å². The van der Waals surface area contributed by atoms with E-state index in [0.29, 0.717) is 18.7 Å². The highest BCUT2D eigenvalue weighted by Gasteiger charge is 2.16. The van der Waals surface area contributed by atoms with Crippen LogP contribution in [-0.2, 0) is 13.1 Å². The summed E-state index contributed by atoms with van der Waals surface area (Å²) in [7, 11) is 1.69. The fourth-order valence-corrected chi connectivity index (χ4v) is 3.49. The van der Waals surface area contributed by atoms with Crippen LogP contribution >= 0.6 is 0 Å². The lowest BCUT2D eigenvalue weighted by molar-refractivity contribution is -0.0514. The van der Waals surface area contributed by atoms with E-state index in [1.54, 1.807) is 37.1 Å². The van der Waals surface area contributed by atoms with Crippen LogP contribution in [-0.4, -0.2) is 40.9 Å². The van der Waals surface area contributed by atoms with Crippen molar-refractivity contribution >= 4 is 5.91 Å². The maximum Gasteiger partial charge on any atom is 0.387 e. The Morgan fingerprint density at radius 2 is 1.88 bits per heavy atom. The molecule has 0 saturated carbocycles. The van der Waals surface area contributed by atoms with Crippen molar-refractivity contribution in [1.82, 2.24) is 14.7 Å². The Bertz CT molecular complexity index is 1080. The van der Waals surface area contributed by atoms with Crippen LogP contribution in [0.3, 0.4) is 0 Å². The lowest BCUT2D eigenvalue weighted by atomic mass is 10.1. The molecule has 1 amide bonds. The first-order valence-corrected chi connectivity index (χ1v) is 10.3. The zero-order valence-electron chi connectivity index (χ0n) is 18.6. The molecular formula is C24H27F2N3O3. The second kappa shape index (κ2) is 10.3. The Balaban J connectivity index is 1.73. The van der Waals surface area contributed by atoms with Crippen LogP contribution in [0.15, 0.2) is 48.5 Å². The Hall–Kier alpha value is -3.42. The monoisotopic (exact) mass is 443 g/mol. The highest BCUT2D eigenvalue weighted by molar-refractivity contribution is 5.94. The number of hydrogen-bond acceptors (Lipinski definition) is 4. The molecule has 32 heavy (non-hydrogen) atoms. The minimum absolute atomic E-state index is 0.0311. The number of nitrogens with zero attached hydrogens (tertiary/aromatic N) is 3. The first-order chi connectivity index (χ1) is 15.3. The van der Waals surface area contributed by atoms with E-state index in [2.05, 4.69) is 9.84 Å². The Labute approximate surface area is 186 Å². The third kappa shape index (κ3) is 5.84. The number of benzene rings is 2. The van der Waals surface area contributed by atoms with Crippen LogP contribution in [0.5, 0.6) is 11.5 Å². The molecule has 0 aliphatic carbocycles. The summed E-state index contributed by atoms with van der Waals surface area (Å²) in [6.45, 7) is 3.93. The van der Waals surface area contributed by atoms with Gasteiger partial charge in [0.15, 0.2) is 11.5 Å². The van der Waals surface area contributed by atoms with Gasteiger partial charge in [0.1, 0.15) is 0 Å². The van der Waals surface area contributed by atoms with Crippen molar-refractivity contribution in [2.75, 3.05) is 13.7 Å². The van der Waals surface area contributed by atoms with Crippen LogP contribution in [0, 0.1) is 13.8 Å². The van der Waals surface area contributed by atoms with Crippen LogP contribution < -0.4 is 9.47 Å². The number of amides is 1. The molecule has 0 N–H and O–H groups in total. The number of carbonyl (C=O) groups is 1. The SMILES string of the molecule is CCOc1cc(CN(C)C(=O)c2cccc(Cn3nc(C)cc3C)c2)ccc1OC(F)F. The van der Waals surface area contributed by atoms with Gasteiger partial charge in [0.05, 0.1) is 18.8 Å². The van der Waals surface area contributed by atoms with Gasteiger partial charge in [-0.15, -0.1) is 0 Å². The fourth-order valence-electron chi connectivity index (χ4n) is 3.49. The number of halogens is 2. The number of alkyl halides is 2. The average Bonchev–Trinajstić information content (AvgIpc) is 3.06. The van der Waals surface area contributed by atoms with E-state index in [1.807, 2.05) is 42.8 Å². The predicted octanol–water partition coefficient (Wildman–Crippen LogP) is 4.82. The van der Waals surface area contributed by atoms with E-state index in [4.69, 9.17) is 4.74 Å². The molecule has 0 atom stereocenters. The lowest BCUT2D eigenvalue weighted by Gasteiger charge is -2.19. The first kappa shape index (κ1) is 23.2. The van der Waals surface area contributed by atoms with Crippen molar-refractivity contribution in [2.45, 2.75) is 40.5 Å². The van der Waals surface area contributed by atoms with Gasteiger partial charge in [0.2, 0.25) is 0 Å². The van der Waals surface area contributed by atoms with Crippen molar-refractivity contribution in [2.24, 2.45) is 0 Å². The molecule has 1 heterocycles. The third-order valence-electron chi connectivity index (χ3n) is 4.90. The molecule has 0 spiro atoms. The van der Waals surface area contributed by atoms with Gasteiger partial charge in [-0.1, -0.05) is 18.2 Å². The first-order valence-electron chi connectivity index (χ1n) is 10.3. The van der Waals surface area contributed by atoms with Crippen LogP contribution in [0.1, 0.15) is 39.8 Å². The zero-order valence-corrected chi connectivity index (χ0v) is 18.6. The Kier molecular flexibility index (Phi) is 7.45. The normalized spacial score (nSPS) is 11.0. The molecule has 1 aromatic heterocycles. The molecule has 3 aromatic rings. The largest absolute Gasteiger partial charge is 0.490 e. The molecule has 0 fully saturated rings. The number of ether oxygens (including phenoxy) is 2. The van der Waals surface area contributed by atoms with E-state index in [1.165, 1.54) is 6.07 Å². The van der Waals surface area contributed by atoms with Crippen molar-refractivity contribution in [3.63, 3.8) is 0 Å². The molecule has 3 rings (SSSR count). The van der Waals surface area contributed by atoms with Crippen molar-refractivity contribution in [1.29, 1.82) is 0 Å². The highest BCUT2D eigenvalue weighted by Crippen LogP contribution is 2.30. The van der Waals surface area contributed by atoms with Gasteiger partial charge >= 0.3 is 6.61 Å². The summed E-state index contributed by atoms with van der Waals surface area (Å²) in [4.78, 5) is 14.6. The van der Waals surface area contributed by atoms with Gasteiger partial charge in [-0.25, -0.2) is 0 Å². The summed E-state index contributed by atoms with van der Waals surface area (Å²) in [5.41, 5.74) is 4.29. The minimum Gasteiger partial charge on any atom is -0.490 e. The Morgan fingerprint density at radius 1 is 1.09 bits per heavy atom. The van der Waals surface area contributed by atoms with Gasteiger partial charge in [0.25, 0.3) is 5.91 Å². The summed E-state index contributed by atoms with van der Waals surface area (Å²) >= 11 is 0. The molecule has 0 unspecified atom stereocenters. The number of rotatable bonds is 9. The zero-order chi connectivity index (χ0) is 23.3. The maximum atomic E-state index is 13.0. The molecule has 6 nitrogen and oxygen atoms in total. The molecule has 0 radical (unpaired) electrons. The maximum absolute atomic E-state index is 13.0. The molecule has 0 saturated heterocycles. The quantitative estimate of drug-likeness (QED) is 0.476. The van der Waals surface area contributed by atoms with Crippen molar-refractivity contribution in [3.8, 4) is 11.5 Å². The predicted molar refractivity (Wildman–Crippen MR) is 117 cm³/mol. The number of aromatic nitrogens is 2. The van der Waals surface area contributed by atoms with E-state index in [9.17, 15) is 13.6 Å². The third-order valence-corrected chi connectivity index (χ3v) is 4.90. The van der Waals surface area contributed by atoms with Gasteiger partial charge in [-0.2, -0.15) is 13.9 Å². The van der Waals surface area contributed by atoms with Gasteiger partial charge < -0.3 is 14.4 Å². The van der Waals surface area contributed by atoms with E-state index < -0.39 is 6.61 Å². The smallest absolute Gasteiger partial charge is 0.387 e. The van der Waals surface area contributed by atoms with Crippen LogP contribution in [0.2, 0.25) is 0 Å². The average molecular weight is 443 g/mol. The lowest BCUT2D eigenvalue weighted by Crippen LogP contribution is -2.26. The summed E-state index contributed by atoms with van der Waals surface area (Å²) < 4.78 is 37.0. The second-order valence-corrected chi connectivity index (χ2v) is 7.54. The highest BCUT2D eigenvalue weighted by atomic mass is 19.3. The van der Waals surface area contributed by atoms with Crippen molar-refractivity contribution in [3.05, 3.63) is 76.6 Å². The molecular weight excluding hydrogens is 416 g/mol.